The van der Waals surface area contributed by atoms with E-state index in [2.05, 4.69) is 20.8 Å². The molecule has 1 rings (SSSR count). The zero-order valence-corrected chi connectivity index (χ0v) is 11.1. The fraction of sp³-hybridized carbons (Fsp3) is 0.727. The maximum absolute atomic E-state index is 11.5. The summed E-state index contributed by atoms with van der Waals surface area (Å²) in [7, 11) is 3.52. The molecule has 1 amide bonds. The Bertz CT molecular complexity index is 366. The summed E-state index contributed by atoms with van der Waals surface area (Å²) in [6, 6.07) is -0.0118. The van der Waals surface area contributed by atoms with E-state index in [1.54, 1.807) is 13.4 Å². The Morgan fingerprint density at radius 3 is 3.00 bits per heavy atom. The van der Waals surface area contributed by atoms with Crippen LogP contribution in [0.15, 0.2) is 6.33 Å². The summed E-state index contributed by atoms with van der Waals surface area (Å²) in [4.78, 5) is 11.5. The molecule has 1 atom stereocenters. The lowest BCUT2D eigenvalue weighted by Crippen LogP contribution is -2.36. The lowest BCUT2D eigenvalue weighted by Gasteiger charge is -2.12. The SMILES string of the molecule is COCCCNC(=O)CNC(C)c1nncn1C. The fourth-order valence-corrected chi connectivity index (χ4v) is 1.53. The summed E-state index contributed by atoms with van der Waals surface area (Å²) < 4.78 is 6.73. The minimum absolute atomic E-state index is 0.0118. The summed E-state index contributed by atoms with van der Waals surface area (Å²) in [6.45, 7) is 3.50. The Morgan fingerprint density at radius 2 is 2.39 bits per heavy atom. The fourth-order valence-electron chi connectivity index (χ4n) is 1.53. The van der Waals surface area contributed by atoms with Gasteiger partial charge >= 0.3 is 0 Å². The van der Waals surface area contributed by atoms with Gasteiger partial charge in [-0.3, -0.25) is 10.1 Å². The first kappa shape index (κ1) is 14.6. The van der Waals surface area contributed by atoms with Crippen molar-refractivity contribution < 1.29 is 9.53 Å². The van der Waals surface area contributed by atoms with Crippen LogP contribution < -0.4 is 10.6 Å². The Labute approximate surface area is 107 Å². The average Bonchev–Trinajstić information content (AvgIpc) is 2.78. The Kier molecular flexibility index (Phi) is 6.31. The van der Waals surface area contributed by atoms with Gasteiger partial charge in [-0.2, -0.15) is 0 Å². The molecule has 0 saturated heterocycles. The van der Waals surface area contributed by atoms with Crippen molar-refractivity contribution in [1.29, 1.82) is 0 Å². The number of rotatable bonds is 8. The van der Waals surface area contributed by atoms with Crippen LogP contribution >= 0.6 is 0 Å². The molecule has 1 unspecified atom stereocenters. The van der Waals surface area contributed by atoms with Crippen molar-refractivity contribution in [2.45, 2.75) is 19.4 Å². The molecule has 0 spiro atoms. The van der Waals surface area contributed by atoms with Crippen molar-refractivity contribution in [3.05, 3.63) is 12.2 Å². The maximum Gasteiger partial charge on any atom is 0.233 e. The van der Waals surface area contributed by atoms with Gasteiger partial charge in [0.05, 0.1) is 12.6 Å². The molecular formula is C11H21N5O2. The molecule has 0 aliphatic heterocycles. The number of ether oxygens (including phenoxy) is 1. The molecular weight excluding hydrogens is 234 g/mol. The summed E-state index contributed by atoms with van der Waals surface area (Å²) in [5.41, 5.74) is 0. The lowest BCUT2D eigenvalue weighted by atomic mass is 10.3. The van der Waals surface area contributed by atoms with E-state index in [4.69, 9.17) is 4.74 Å². The van der Waals surface area contributed by atoms with Crippen molar-refractivity contribution in [3.8, 4) is 0 Å². The third-order valence-corrected chi connectivity index (χ3v) is 2.55. The predicted molar refractivity (Wildman–Crippen MR) is 66.9 cm³/mol. The number of aryl methyl sites for hydroxylation is 1. The van der Waals surface area contributed by atoms with Gasteiger partial charge < -0.3 is 14.6 Å². The van der Waals surface area contributed by atoms with Crippen LogP contribution in [0.5, 0.6) is 0 Å². The summed E-state index contributed by atoms with van der Waals surface area (Å²) in [6.07, 6.45) is 2.46. The van der Waals surface area contributed by atoms with Crippen molar-refractivity contribution in [2.24, 2.45) is 7.05 Å². The van der Waals surface area contributed by atoms with Crippen LogP contribution in [0.4, 0.5) is 0 Å². The Hall–Kier alpha value is -1.47. The van der Waals surface area contributed by atoms with Gasteiger partial charge in [-0.25, -0.2) is 0 Å². The van der Waals surface area contributed by atoms with Crippen LogP contribution in [0, 0.1) is 0 Å². The Balaban J connectivity index is 2.20. The van der Waals surface area contributed by atoms with Gasteiger partial charge in [-0.15, -0.1) is 10.2 Å². The molecule has 0 bridgehead atoms. The van der Waals surface area contributed by atoms with Gasteiger partial charge in [0.2, 0.25) is 5.91 Å². The number of carbonyl (C=O) groups is 1. The standard InChI is InChI=1S/C11H21N5O2/c1-9(11-15-14-8-16(11)2)13-7-10(17)12-5-4-6-18-3/h8-9,13H,4-7H2,1-3H3,(H,12,17). The highest BCUT2D eigenvalue weighted by Gasteiger charge is 2.11. The molecule has 0 radical (unpaired) electrons. The molecule has 0 aliphatic carbocycles. The topological polar surface area (TPSA) is 81.1 Å². The van der Waals surface area contributed by atoms with E-state index in [0.717, 1.165) is 12.2 Å². The van der Waals surface area contributed by atoms with Crippen molar-refractivity contribution in [2.75, 3.05) is 26.8 Å². The van der Waals surface area contributed by atoms with Gasteiger partial charge in [0.15, 0.2) is 0 Å². The molecule has 7 nitrogen and oxygen atoms in total. The molecule has 18 heavy (non-hydrogen) atoms. The van der Waals surface area contributed by atoms with E-state index in [0.29, 0.717) is 13.2 Å². The van der Waals surface area contributed by atoms with Gasteiger partial charge in [0.25, 0.3) is 0 Å². The molecule has 102 valence electrons. The molecule has 2 N–H and O–H groups in total. The van der Waals surface area contributed by atoms with Crippen LogP contribution in [0.3, 0.4) is 0 Å². The normalized spacial score (nSPS) is 12.4. The quantitative estimate of drug-likeness (QED) is 0.619. The number of hydrogen-bond donors (Lipinski definition) is 2. The second-order valence-corrected chi connectivity index (χ2v) is 4.10. The smallest absolute Gasteiger partial charge is 0.233 e. The minimum atomic E-state index is -0.0277. The molecule has 1 aromatic rings. The third kappa shape index (κ3) is 4.80. The molecule has 1 aromatic heterocycles. The number of aromatic nitrogens is 3. The molecule has 0 aliphatic rings. The van der Waals surface area contributed by atoms with Crippen molar-refractivity contribution >= 4 is 5.91 Å². The number of amides is 1. The van der Waals surface area contributed by atoms with Gasteiger partial charge in [-0.1, -0.05) is 0 Å². The van der Waals surface area contributed by atoms with Crippen LogP contribution in [-0.2, 0) is 16.6 Å². The van der Waals surface area contributed by atoms with Crippen LogP contribution in [0.1, 0.15) is 25.2 Å². The van der Waals surface area contributed by atoms with Gasteiger partial charge in [-0.05, 0) is 13.3 Å². The zero-order chi connectivity index (χ0) is 13.4. The van der Waals surface area contributed by atoms with Gasteiger partial charge in [0, 0.05) is 27.3 Å². The van der Waals surface area contributed by atoms with Crippen molar-refractivity contribution in [1.82, 2.24) is 25.4 Å². The van der Waals surface area contributed by atoms with E-state index in [-0.39, 0.29) is 18.5 Å². The second-order valence-electron chi connectivity index (χ2n) is 4.10. The van der Waals surface area contributed by atoms with Crippen molar-refractivity contribution in [3.63, 3.8) is 0 Å². The van der Waals surface area contributed by atoms with Crippen LogP contribution in [-0.4, -0.2) is 47.5 Å². The average molecular weight is 255 g/mol. The molecule has 0 saturated carbocycles. The maximum atomic E-state index is 11.5. The second kappa shape index (κ2) is 7.78. The number of hydrogen-bond acceptors (Lipinski definition) is 5. The number of nitrogens with zero attached hydrogens (tertiary/aromatic N) is 3. The molecule has 0 fully saturated rings. The summed E-state index contributed by atoms with van der Waals surface area (Å²) in [5, 5.41) is 13.7. The number of carbonyl (C=O) groups excluding carboxylic acids is 1. The third-order valence-electron chi connectivity index (χ3n) is 2.55. The van der Waals surface area contributed by atoms with E-state index in [1.807, 2.05) is 18.5 Å². The van der Waals surface area contributed by atoms with E-state index < -0.39 is 0 Å². The first-order valence-electron chi connectivity index (χ1n) is 5.98. The first-order valence-corrected chi connectivity index (χ1v) is 5.98. The zero-order valence-electron chi connectivity index (χ0n) is 11.1. The number of methoxy groups -OCH3 is 1. The van der Waals surface area contributed by atoms with Crippen LogP contribution in [0.25, 0.3) is 0 Å². The molecule has 1 heterocycles. The highest BCUT2D eigenvalue weighted by Crippen LogP contribution is 2.05. The van der Waals surface area contributed by atoms with Crippen LogP contribution in [0.2, 0.25) is 0 Å². The number of nitrogens with one attached hydrogen (secondary N) is 2. The monoisotopic (exact) mass is 255 g/mol. The van der Waals surface area contributed by atoms with E-state index in [1.165, 1.54) is 0 Å². The Morgan fingerprint density at radius 1 is 1.61 bits per heavy atom. The summed E-state index contributed by atoms with van der Waals surface area (Å²) >= 11 is 0. The molecule has 7 heteroatoms. The largest absolute Gasteiger partial charge is 0.385 e. The van der Waals surface area contributed by atoms with E-state index in [9.17, 15) is 4.79 Å². The van der Waals surface area contributed by atoms with E-state index >= 15 is 0 Å². The lowest BCUT2D eigenvalue weighted by molar-refractivity contribution is -0.120. The molecule has 0 aromatic carbocycles. The highest BCUT2D eigenvalue weighted by molar-refractivity contribution is 5.77. The highest BCUT2D eigenvalue weighted by atomic mass is 16.5. The predicted octanol–water partition coefficient (Wildman–Crippen LogP) is -0.382. The van der Waals surface area contributed by atoms with Gasteiger partial charge in [0.1, 0.15) is 12.2 Å². The first-order chi connectivity index (χ1) is 8.65. The minimum Gasteiger partial charge on any atom is -0.385 e. The summed E-state index contributed by atoms with van der Waals surface area (Å²) in [5.74, 6) is 0.780.